The smallest absolute Gasteiger partial charge is 0.0616 e. The maximum atomic E-state index is 4.41. The van der Waals surface area contributed by atoms with Crippen molar-refractivity contribution in [3.05, 3.63) is 54.1 Å². The summed E-state index contributed by atoms with van der Waals surface area (Å²) in [5.41, 5.74) is 4.76. The zero-order valence-corrected chi connectivity index (χ0v) is 7.64. The Bertz CT molecular complexity index is 465. The van der Waals surface area contributed by atoms with Gasteiger partial charge in [0.1, 0.15) is 0 Å². The minimum atomic E-state index is 1.06. The molecule has 0 N–H and O–H groups in total. The first-order valence-electron chi connectivity index (χ1n) is 4.68. The summed E-state index contributed by atoms with van der Waals surface area (Å²) in [5, 5.41) is 0. The van der Waals surface area contributed by atoms with E-state index >= 15 is 0 Å². The summed E-state index contributed by atoms with van der Waals surface area (Å²) in [6, 6.07) is 16.6. The van der Waals surface area contributed by atoms with E-state index in [0.29, 0.717) is 0 Å². The highest BCUT2D eigenvalue weighted by Gasteiger charge is 2.19. The van der Waals surface area contributed by atoms with Crippen LogP contribution in [0.25, 0.3) is 11.1 Å². The van der Waals surface area contributed by atoms with Gasteiger partial charge >= 0.3 is 0 Å². The van der Waals surface area contributed by atoms with Crippen LogP contribution >= 0.6 is 0 Å². The van der Waals surface area contributed by atoms with Crippen LogP contribution in [-0.2, 0) is 0 Å². The normalized spacial score (nSPS) is 12.0. The van der Waals surface area contributed by atoms with Gasteiger partial charge in [-0.2, -0.15) is 0 Å². The van der Waals surface area contributed by atoms with E-state index in [4.69, 9.17) is 0 Å². The second-order valence-electron chi connectivity index (χ2n) is 3.36. The van der Waals surface area contributed by atoms with Crippen LogP contribution in [0.1, 0.15) is 5.56 Å². The number of nitrogens with zero attached hydrogens (tertiary/aromatic N) is 1. The molecule has 1 heterocycles. The van der Waals surface area contributed by atoms with Gasteiger partial charge in [0.05, 0.1) is 16.1 Å². The molecule has 0 amide bonds. The summed E-state index contributed by atoms with van der Waals surface area (Å²) in [6.07, 6.45) is 1.93. The first kappa shape index (κ1) is 7.51. The molecule has 0 aromatic heterocycles. The molecular formula is C13H9N+. The van der Waals surface area contributed by atoms with Crippen molar-refractivity contribution in [2.24, 2.45) is 0 Å². The van der Waals surface area contributed by atoms with Gasteiger partial charge in [0, 0.05) is 11.6 Å². The molecule has 2 aromatic rings. The van der Waals surface area contributed by atoms with Crippen LogP contribution in [-0.4, -0.2) is 6.21 Å². The first-order valence-corrected chi connectivity index (χ1v) is 4.68. The summed E-state index contributed by atoms with van der Waals surface area (Å²) in [7, 11) is 0. The fourth-order valence-corrected chi connectivity index (χ4v) is 1.81. The number of hydrogen-bond donors (Lipinski definition) is 0. The van der Waals surface area contributed by atoms with Crippen molar-refractivity contribution >= 4 is 11.9 Å². The Morgan fingerprint density at radius 2 is 1.43 bits per heavy atom. The number of para-hydroxylation sites is 1. The quantitative estimate of drug-likeness (QED) is 0.504. The monoisotopic (exact) mass is 179 g/mol. The molecule has 1 heteroatoms. The minimum Gasteiger partial charge on any atom is -0.0616 e. The van der Waals surface area contributed by atoms with Crippen LogP contribution in [0, 0.1) is 0 Å². The number of benzene rings is 2. The van der Waals surface area contributed by atoms with Gasteiger partial charge in [-0.1, -0.05) is 30.3 Å². The molecule has 0 saturated heterocycles. The van der Waals surface area contributed by atoms with Crippen molar-refractivity contribution < 1.29 is 0 Å². The lowest BCUT2D eigenvalue weighted by Crippen LogP contribution is -1.99. The number of fused-ring (bicyclic) bond motifs is 3. The molecule has 1 aliphatic rings. The molecule has 1 aliphatic heterocycles. The largest absolute Gasteiger partial charge is 0.284 e. The molecule has 14 heavy (non-hydrogen) atoms. The van der Waals surface area contributed by atoms with Gasteiger partial charge < -0.3 is 0 Å². The van der Waals surface area contributed by atoms with E-state index in [-0.39, 0.29) is 0 Å². The fourth-order valence-electron chi connectivity index (χ4n) is 1.81. The van der Waals surface area contributed by atoms with Gasteiger partial charge in [0.2, 0.25) is 0 Å². The Morgan fingerprint density at radius 1 is 0.714 bits per heavy atom. The third-order valence-corrected chi connectivity index (χ3v) is 2.50. The highest BCUT2D eigenvalue weighted by Crippen LogP contribution is 2.31. The van der Waals surface area contributed by atoms with Crippen LogP contribution in [0.3, 0.4) is 0 Å². The van der Waals surface area contributed by atoms with Gasteiger partial charge in [-0.15, -0.1) is 0 Å². The molecule has 0 bridgehead atoms. The molecule has 2 aromatic carbocycles. The van der Waals surface area contributed by atoms with Crippen molar-refractivity contribution in [3.8, 4) is 11.1 Å². The maximum Gasteiger partial charge on any atom is 0.284 e. The zero-order valence-electron chi connectivity index (χ0n) is 7.64. The van der Waals surface area contributed by atoms with Crippen LogP contribution < -0.4 is 4.99 Å². The van der Waals surface area contributed by atoms with Crippen molar-refractivity contribution in [1.29, 1.82) is 0 Å². The van der Waals surface area contributed by atoms with E-state index in [1.54, 1.807) is 0 Å². The van der Waals surface area contributed by atoms with Gasteiger partial charge in [0.25, 0.3) is 11.9 Å². The Balaban J connectivity index is 2.36. The topological polar surface area (TPSA) is 14.1 Å². The van der Waals surface area contributed by atoms with Gasteiger partial charge in [-0.05, 0) is 12.1 Å². The molecular weight excluding hydrogens is 170 g/mol. The molecule has 1 radical (unpaired) electrons. The van der Waals surface area contributed by atoms with Crippen LogP contribution in [0.15, 0.2) is 48.5 Å². The Labute approximate surface area is 82.7 Å². The second-order valence-corrected chi connectivity index (χ2v) is 3.36. The summed E-state index contributed by atoms with van der Waals surface area (Å²) in [6.45, 7) is 0. The predicted octanol–water partition coefficient (Wildman–Crippen LogP) is 2.75. The van der Waals surface area contributed by atoms with Crippen molar-refractivity contribution in [2.75, 3.05) is 0 Å². The van der Waals surface area contributed by atoms with Crippen molar-refractivity contribution in [3.63, 3.8) is 0 Å². The van der Waals surface area contributed by atoms with E-state index in [1.165, 1.54) is 16.7 Å². The number of hydrogen-bond acceptors (Lipinski definition) is 1. The lowest BCUT2D eigenvalue weighted by atomic mass is 9.97. The van der Waals surface area contributed by atoms with Gasteiger partial charge in [0.15, 0.2) is 0 Å². The fraction of sp³-hybridized carbons (Fsp3) is 0. The van der Waals surface area contributed by atoms with Crippen molar-refractivity contribution in [2.45, 2.75) is 0 Å². The Morgan fingerprint density at radius 3 is 2.36 bits per heavy atom. The lowest BCUT2D eigenvalue weighted by Gasteiger charge is -2.05. The SMILES string of the molecule is C1=[N+]c2ccccc2-c2ccccc21. The van der Waals surface area contributed by atoms with E-state index in [1.807, 2.05) is 24.4 Å². The molecule has 0 aliphatic carbocycles. The zero-order chi connectivity index (χ0) is 9.38. The van der Waals surface area contributed by atoms with E-state index in [2.05, 4.69) is 35.3 Å². The number of aliphatic imine (C=N–C) groups is 1. The third kappa shape index (κ3) is 0.990. The summed E-state index contributed by atoms with van der Waals surface area (Å²) in [5.74, 6) is 0. The molecule has 0 spiro atoms. The average Bonchev–Trinajstić information content (AvgIpc) is 2.29. The maximum absolute atomic E-state index is 4.41. The Kier molecular flexibility index (Phi) is 1.51. The standard InChI is InChI=1S/C13H9N/c1-2-6-11-10(5-1)9-14-13-8-4-3-7-12(11)13/h1-9H/q+1. The summed E-state index contributed by atoms with van der Waals surface area (Å²) >= 11 is 0. The summed E-state index contributed by atoms with van der Waals surface area (Å²) in [4.78, 5) is 4.41. The molecule has 0 atom stereocenters. The van der Waals surface area contributed by atoms with E-state index in [9.17, 15) is 0 Å². The molecule has 0 fully saturated rings. The molecule has 1 nitrogen and oxygen atoms in total. The summed E-state index contributed by atoms with van der Waals surface area (Å²) < 4.78 is 0. The lowest BCUT2D eigenvalue weighted by molar-refractivity contribution is 1.36. The van der Waals surface area contributed by atoms with Crippen LogP contribution in [0.2, 0.25) is 0 Å². The van der Waals surface area contributed by atoms with E-state index < -0.39 is 0 Å². The third-order valence-electron chi connectivity index (χ3n) is 2.50. The van der Waals surface area contributed by atoms with Crippen molar-refractivity contribution in [1.82, 2.24) is 4.99 Å². The van der Waals surface area contributed by atoms with Gasteiger partial charge in [-0.3, -0.25) is 0 Å². The van der Waals surface area contributed by atoms with Crippen LogP contribution in [0.4, 0.5) is 5.69 Å². The minimum absolute atomic E-state index is 1.06. The van der Waals surface area contributed by atoms with Gasteiger partial charge in [-0.25, -0.2) is 0 Å². The molecule has 0 unspecified atom stereocenters. The highest BCUT2D eigenvalue weighted by atomic mass is 14.7. The Hall–Kier alpha value is -1.89. The molecule has 0 saturated carbocycles. The average molecular weight is 179 g/mol. The molecule has 3 rings (SSSR count). The second kappa shape index (κ2) is 2.81. The first-order chi connectivity index (χ1) is 6.95. The predicted molar refractivity (Wildman–Crippen MR) is 58.8 cm³/mol. The highest BCUT2D eigenvalue weighted by molar-refractivity contribution is 5.97. The van der Waals surface area contributed by atoms with E-state index in [0.717, 1.165) is 5.69 Å². The molecule has 65 valence electrons. The van der Waals surface area contributed by atoms with Crippen LogP contribution in [0.5, 0.6) is 0 Å². The number of rotatable bonds is 0.